The van der Waals surface area contributed by atoms with Crippen LogP contribution >= 0.6 is 0 Å². The summed E-state index contributed by atoms with van der Waals surface area (Å²) < 4.78 is 22.1. The third kappa shape index (κ3) is 4.13. The van der Waals surface area contributed by atoms with E-state index in [4.69, 9.17) is 9.51 Å². The van der Waals surface area contributed by atoms with Gasteiger partial charge in [0.05, 0.1) is 22.8 Å². The van der Waals surface area contributed by atoms with Gasteiger partial charge in [-0.2, -0.15) is 0 Å². The average Bonchev–Trinajstić information content (AvgIpc) is 3.34. The van der Waals surface area contributed by atoms with Crippen LogP contribution in [0.2, 0.25) is 0 Å². The predicted octanol–water partition coefficient (Wildman–Crippen LogP) is 6.67. The zero-order valence-electron chi connectivity index (χ0n) is 20.9. The highest BCUT2D eigenvalue weighted by Gasteiger charge is 2.34. The first kappa shape index (κ1) is 23.3. The fraction of sp³-hybridized carbons (Fsp3) is 0.393. The highest BCUT2D eigenvalue weighted by atomic mass is 19.1. The summed E-state index contributed by atoms with van der Waals surface area (Å²) in [6.45, 7) is 10.7. The highest BCUT2D eigenvalue weighted by molar-refractivity contribution is 5.95. The van der Waals surface area contributed by atoms with Gasteiger partial charge < -0.3 is 14.0 Å². The molecular formula is C28H31FN4O2. The summed E-state index contributed by atoms with van der Waals surface area (Å²) in [4.78, 5) is 20.0. The number of carbonyl (C=O) groups excluding carboxylic acids is 1. The van der Waals surface area contributed by atoms with Gasteiger partial charge in [0.2, 0.25) is 5.91 Å². The lowest BCUT2D eigenvalue weighted by Gasteiger charge is -2.35. The van der Waals surface area contributed by atoms with Gasteiger partial charge in [-0.3, -0.25) is 4.79 Å². The molecule has 4 aromatic rings. The topological polar surface area (TPSA) is 64.2 Å². The molecule has 0 bridgehead atoms. The van der Waals surface area contributed by atoms with Crippen molar-refractivity contribution in [2.24, 2.45) is 5.92 Å². The predicted molar refractivity (Wildman–Crippen MR) is 135 cm³/mol. The maximum Gasteiger partial charge on any atom is 0.227 e. The average molecular weight is 475 g/mol. The van der Waals surface area contributed by atoms with Gasteiger partial charge in [-0.1, -0.05) is 31.1 Å². The monoisotopic (exact) mass is 474 g/mol. The van der Waals surface area contributed by atoms with Gasteiger partial charge in [-0.25, -0.2) is 9.37 Å². The Hall–Kier alpha value is -3.48. The molecule has 1 atom stereocenters. The lowest BCUT2D eigenvalue weighted by atomic mass is 9.99. The Morgan fingerprint density at radius 3 is 2.63 bits per heavy atom. The molecule has 35 heavy (non-hydrogen) atoms. The first-order valence-electron chi connectivity index (χ1n) is 12.3. The minimum atomic E-state index is -0.306. The van der Waals surface area contributed by atoms with Crippen LogP contribution in [0.3, 0.4) is 0 Å². The molecule has 1 fully saturated rings. The molecule has 0 radical (unpaired) electrons. The van der Waals surface area contributed by atoms with Gasteiger partial charge in [0, 0.05) is 24.2 Å². The summed E-state index contributed by atoms with van der Waals surface area (Å²) in [5.41, 5.74) is 5.87. The minimum absolute atomic E-state index is 0.00377. The summed E-state index contributed by atoms with van der Waals surface area (Å²) in [7, 11) is 0. The van der Waals surface area contributed by atoms with Crippen LogP contribution in [0.5, 0.6) is 0 Å². The lowest BCUT2D eigenvalue weighted by molar-refractivity contribution is -0.120. The number of carbonyl (C=O) groups is 1. The Balaban J connectivity index is 1.66. The van der Waals surface area contributed by atoms with Crippen LogP contribution in [0.4, 0.5) is 10.1 Å². The van der Waals surface area contributed by atoms with Crippen molar-refractivity contribution < 1.29 is 13.7 Å². The molecule has 2 aromatic heterocycles. The van der Waals surface area contributed by atoms with Crippen molar-refractivity contribution in [3.8, 4) is 11.1 Å². The zero-order valence-corrected chi connectivity index (χ0v) is 20.9. The van der Waals surface area contributed by atoms with Crippen LogP contribution in [-0.2, 0) is 11.3 Å². The number of benzene rings is 2. The molecule has 0 N–H and O–H groups in total. The molecule has 0 spiro atoms. The van der Waals surface area contributed by atoms with Gasteiger partial charge in [0.25, 0.3) is 0 Å². The quantitative estimate of drug-likeness (QED) is 0.324. The summed E-state index contributed by atoms with van der Waals surface area (Å²) in [5.74, 6) is 1.70. The van der Waals surface area contributed by atoms with E-state index in [9.17, 15) is 9.18 Å². The van der Waals surface area contributed by atoms with E-state index in [-0.39, 0.29) is 17.8 Å². The minimum Gasteiger partial charge on any atom is -0.361 e. The lowest BCUT2D eigenvalue weighted by Crippen LogP contribution is -2.39. The van der Waals surface area contributed by atoms with Crippen molar-refractivity contribution >= 4 is 22.6 Å². The molecule has 5 rings (SSSR count). The molecule has 7 heteroatoms. The third-order valence-corrected chi connectivity index (χ3v) is 6.83. The fourth-order valence-corrected chi connectivity index (χ4v) is 5.18. The molecule has 0 saturated carbocycles. The number of halogens is 1. The van der Waals surface area contributed by atoms with E-state index in [0.717, 1.165) is 58.8 Å². The molecule has 0 unspecified atom stereocenters. The molecule has 3 heterocycles. The molecule has 182 valence electrons. The van der Waals surface area contributed by atoms with E-state index in [1.807, 2.05) is 19.9 Å². The standard InChI is InChI=1S/C28H31FN4O2/c1-16(2)15-32-24-12-10-20(27-18(4)31-35-19(27)5)13-23(24)30-28(32)25-7-6-8-26(34)33(25)21-11-9-17(3)22(29)14-21/h9-14,16,25H,6-8,15H2,1-5H3/t25-/m0/s1. The largest absolute Gasteiger partial charge is 0.361 e. The normalized spacial score (nSPS) is 16.6. The maximum atomic E-state index is 14.5. The molecule has 2 aromatic carbocycles. The van der Waals surface area contributed by atoms with Crippen molar-refractivity contribution in [2.75, 3.05) is 4.90 Å². The summed E-state index contributed by atoms with van der Waals surface area (Å²) in [5, 5.41) is 4.10. The van der Waals surface area contributed by atoms with Crippen LogP contribution < -0.4 is 4.90 Å². The summed E-state index contributed by atoms with van der Waals surface area (Å²) in [6.07, 6.45) is 2.01. The number of aryl methyl sites for hydroxylation is 3. The van der Waals surface area contributed by atoms with E-state index in [2.05, 4.69) is 41.8 Å². The number of nitrogens with zero attached hydrogens (tertiary/aromatic N) is 4. The molecule has 1 saturated heterocycles. The fourth-order valence-electron chi connectivity index (χ4n) is 5.18. The van der Waals surface area contributed by atoms with Crippen LogP contribution in [0.15, 0.2) is 40.9 Å². The first-order valence-corrected chi connectivity index (χ1v) is 12.3. The van der Waals surface area contributed by atoms with Crippen LogP contribution in [0.1, 0.15) is 62.0 Å². The maximum absolute atomic E-state index is 14.5. The number of amides is 1. The van der Waals surface area contributed by atoms with Gasteiger partial charge in [0.1, 0.15) is 17.4 Å². The van der Waals surface area contributed by atoms with E-state index < -0.39 is 0 Å². The van der Waals surface area contributed by atoms with E-state index >= 15 is 0 Å². The second-order valence-corrected chi connectivity index (χ2v) is 9.98. The summed E-state index contributed by atoms with van der Waals surface area (Å²) in [6, 6.07) is 11.0. The number of aromatic nitrogens is 3. The summed E-state index contributed by atoms with van der Waals surface area (Å²) >= 11 is 0. The number of imidazole rings is 1. The van der Waals surface area contributed by atoms with E-state index in [1.54, 1.807) is 17.9 Å². The van der Waals surface area contributed by atoms with Crippen molar-refractivity contribution in [3.05, 3.63) is 65.1 Å². The number of piperidine rings is 1. The number of anilines is 1. The Morgan fingerprint density at radius 2 is 1.94 bits per heavy atom. The Morgan fingerprint density at radius 1 is 1.14 bits per heavy atom. The Kier molecular flexibility index (Phi) is 5.95. The second-order valence-electron chi connectivity index (χ2n) is 9.98. The smallest absolute Gasteiger partial charge is 0.227 e. The van der Waals surface area contributed by atoms with Gasteiger partial charge >= 0.3 is 0 Å². The highest BCUT2D eigenvalue weighted by Crippen LogP contribution is 2.38. The Labute approximate surface area is 204 Å². The van der Waals surface area contributed by atoms with E-state index in [0.29, 0.717) is 23.6 Å². The number of hydrogen-bond donors (Lipinski definition) is 0. The van der Waals surface area contributed by atoms with Gasteiger partial charge in [-0.05, 0) is 74.9 Å². The third-order valence-electron chi connectivity index (χ3n) is 6.83. The number of fused-ring (bicyclic) bond motifs is 1. The number of rotatable bonds is 5. The molecule has 1 aliphatic rings. The van der Waals surface area contributed by atoms with E-state index in [1.165, 1.54) is 6.07 Å². The number of hydrogen-bond acceptors (Lipinski definition) is 4. The van der Waals surface area contributed by atoms with Crippen LogP contribution in [-0.4, -0.2) is 20.6 Å². The van der Waals surface area contributed by atoms with Gasteiger partial charge in [-0.15, -0.1) is 0 Å². The Bertz CT molecular complexity index is 1400. The zero-order chi connectivity index (χ0) is 24.9. The molecule has 0 aliphatic carbocycles. The first-order chi connectivity index (χ1) is 16.7. The van der Waals surface area contributed by atoms with Crippen LogP contribution in [0.25, 0.3) is 22.2 Å². The van der Waals surface area contributed by atoms with Crippen molar-refractivity contribution in [1.29, 1.82) is 0 Å². The van der Waals surface area contributed by atoms with Gasteiger partial charge in [0.15, 0.2) is 0 Å². The van der Waals surface area contributed by atoms with Crippen molar-refractivity contribution in [2.45, 2.75) is 66.5 Å². The van der Waals surface area contributed by atoms with Crippen molar-refractivity contribution in [3.63, 3.8) is 0 Å². The molecule has 6 nitrogen and oxygen atoms in total. The van der Waals surface area contributed by atoms with Crippen molar-refractivity contribution in [1.82, 2.24) is 14.7 Å². The molecule has 1 aliphatic heterocycles. The second kappa shape index (κ2) is 8.95. The SMILES string of the molecule is Cc1ccc(N2C(=O)CCC[C@H]2c2nc3cc(-c4c(C)noc4C)ccc3n2CC(C)C)cc1F. The molecular weight excluding hydrogens is 443 g/mol. The van der Waals surface area contributed by atoms with Crippen LogP contribution in [0, 0.1) is 32.5 Å². The molecule has 1 amide bonds.